The number of carbonyl (C=O) groups excluding carboxylic acids is 1. The fourth-order valence-corrected chi connectivity index (χ4v) is 4.66. The van der Waals surface area contributed by atoms with Crippen molar-refractivity contribution in [1.82, 2.24) is 9.97 Å². The minimum Gasteiger partial charge on any atom is -0.502 e. The standard InChI is InChI=1S/C20H20N4O5S/c1-9(2)30-20-22-18-17(19(27)23-20)15(16-11(21-18)4-3-5-14(16)26)10-6-7-13(25)12(8-10)24(28)29/h6-9,15,25H,3-5H2,1-2H3,(H2,21,22,23,27). The van der Waals surface area contributed by atoms with E-state index in [0.717, 1.165) is 0 Å². The zero-order chi connectivity index (χ0) is 21.6. The van der Waals surface area contributed by atoms with Gasteiger partial charge in [0.05, 0.1) is 10.5 Å². The second kappa shape index (κ2) is 7.60. The highest BCUT2D eigenvalue weighted by Gasteiger charge is 2.38. The number of hydrogen-bond donors (Lipinski definition) is 3. The number of aromatic hydroxyl groups is 1. The Hall–Kier alpha value is -3.14. The number of carbonyl (C=O) groups is 1. The number of allylic oxidation sites excluding steroid dienone is 2. The number of H-pyrrole nitrogens is 1. The maximum absolute atomic E-state index is 13.1. The van der Waals surface area contributed by atoms with Crippen molar-refractivity contribution in [2.24, 2.45) is 0 Å². The van der Waals surface area contributed by atoms with Crippen molar-refractivity contribution < 1.29 is 14.8 Å². The molecule has 1 aromatic heterocycles. The number of anilines is 1. The van der Waals surface area contributed by atoms with Crippen LogP contribution < -0.4 is 10.9 Å². The number of nitrogens with one attached hydrogen (secondary N) is 2. The molecule has 2 heterocycles. The number of rotatable bonds is 4. The molecule has 0 bridgehead atoms. The number of hydrogen-bond acceptors (Lipinski definition) is 8. The second-order valence-electron chi connectivity index (χ2n) is 7.53. The summed E-state index contributed by atoms with van der Waals surface area (Å²) in [6, 6.07) is 3.94. The molecule has 0 saturated carbocycles. The zero-order valence-corrected chi connectivity index (χ0v) is 17.2. The summed E-state index contributed by atoms with van der Waals surface area (Å²) in [6.07, 6.45) is 1.65. The first-order valence-electron chi connectivity index (χ1n) is 9.57. The van der Waals surface area contributed by atoms with Crippen LogP contribution in [0.1, 0.15) is 50.2 Å². The van der Waals surface area contributed by atoms with Gasteiger partial charge in [-0.25, -0.2) is 4.98 Å². The van der Waals surface area contributed by atoms with E-state index in [1.165, 1.54) is 30.0 Å². The number of ketones is 1. The van der Waals surface area contributed by atoms with Gasteiger partial charge in [0, 0.05) is 34.9 Å². The minimum absolute atomic E-state index is 0.102. The van der Waals surface area contributed by atoms with Crippen molar-refractivity contribution in [3.05, 3.63) is 61.1 Å². The number of nitrogens with zero attached hydrogens (tertiary/aromatic N) is 2. The number of fused-ring (bicyclic) bond motifs is 1. The number of aromatic amines is 1. The summed E-state index contributed by atoms with van der Waals surface area (Å²) in [7, 11) is 0. The van der Waals surface area contributed by atoms with Crippen molar-refractivity contribution in [3.63, 3.8) is 0 Å². The Morgan fingerprint density at radius 2 is 2.07 bits per heavy atom. The first-order valence-corrected chi connectivity index (χ1v) is 10.5. The van der Waals surface area contributed by atoms with Crippen LogP contribution in [0.4, 0.5) is 11.5 Å². The Kier molecular flexibility index (Phi) is 5.10. The predicted molar refractivity (Wildman–Crippen MR) is 112 cm³/mol. The smallest absolute Gasteiger partial charge is 0.310 e. The predicted octanol–water partition coefficient (Wildman–Crippen LogP) is 3.45. The molecular formula is C20H20N4O5S. The normalized spacial score (nSPS) is 18.1. The van der Waals surface area contributed by atoms with Gasteiger partial charge in [-0.3, -0.25) is 19.7 Å². The molecule has 30 heavy (non-hydrogen) atoms. The Labute approximate surface area is 175 Å². The average Bonchev–Trinajstić information content (AvgIpc) is 2.66. The summed E-state index contributed by atoms with van der Waals surface area (Å²) in [4.78, 5) is 43.8. The molecule has 9 nitrogen and oxygen atoms in total. The Morgan fingerprint density at radius 1 is 1.30 bits per heavy atom. The molecule has 1 aliphatic carbocycles. The maximum Gasteiger partial charge on any atom is 0.310 e. The van der Waals surface area contributed by atoms with E-state index in [0.29, 0.717) is 47.1 Å². The molecule has 0 spiro atoms. The molecule has 1 aliphatic heterocycles. The van der Waals surface area contributed by atoms with Crippen molar-refractivity contribution >= 4 is 29.1 Å². The third kappa shape index (κ3) is 3.47. The lowest BCUT2D eigenvalue weighted by Crippen LogP contribution is -2.32. The van der Waals surface area contributed by atoms with Gasteiger partial charge in [0.2, 0.25) is 0 Å². The molecule has 1 unspecified atom stereocenters. The van der Waals surface area contributed by atoms with Gasteiger partial charge in [0.25, 0.3) is 5.56 Å². The Balaban J connectivity index is 1.95. The van der Waals surface area contributed by atoms with E-state index in [4.69, 9.17) is 0 Å². The molecule has 0 radical (unpaired) electrons. The van der Waals surface area contributed by atoms with Crippen molar-refractivity contribution in [2.45, 2.75) is 49.4 Å². The largest absolute Gasteiger partial charge is 0.502 e. The second-order valence-corrected chi connectivity index (χ2v) is 9.10. The highest BCUT2D eigenvalue weighted by Crippen LogP contribution is 2.45. The third-order valence-electron chi connectivity index (χ3n) is 5.11. The molecule has 3 N–H and O–H groups in total. The summed E-state index contributed by atoms with van der Waals surface area (Å²) in [5, 5.41) is 25.0. The summed E-state index contributed by atoms with van der Waals surface area (Å²) >= 11 is 1.41. The van der Waals surface area contributed by atoms with Crippen LogP contribution in [0.2, 0.25) is 0 Å². The number of thioether (sulfide) groups is 1. The van der Waals surface area contributed by atoms with Crippen LogP contribution in [0.5, 0.6) is 5.75 Å². The fourth-order valence-electron chi connectivity index (χ4n) is 3.92. The Morgan fingerprint density at radius 3 is 2.77 bits per heavy atom. The van der Waals surface area contributed by atoms with Gasteiger partial charge in [-0.15, -0.1) is 0 Å². The first-order chi connectivity index (χ1) is 14.3. The van der Waals surface area contributed by atoms with Gasteiger partial charge < -0.3 is 15.4 Å². The molecule has 2 aromatic rings. The summed E-state index contributed by atoms with van der Waals surface area (Å²) in [5.74, 6) is -1.01. The monoisotopic (exact) mass is 428 g/mol. The SMILES string of the molecule is CC(C)Sc1nc2c(c(=O)[nH]1)C(c1ccc(O)c([N+](=O)[O-])c1)C1=C(CCCC1=O)N2. The lowest BCUT2D eigenvalue weighted by Gasteiger charge is -2.32. The van der Waals surface area contributed by atoms with Crippen LogP contribution >= 0.6 is 11.8 Å². The lowest BCUT2D eigenvalue weighted by atomic mass is 9.76. The number of nitro groups is 1. The number of benzene rings is 1. The first kappa shape index (κ1) is 20.1. The van der Waals surface area contributed by atoms with E-state index >= 15 is 0 Å². The molecule has 0 fully saturated rings. The molecule has 0 amide bonds. The minimum atomic E-state index is -0.794. The van der Waals surface area contributed by atoms with E-state index in [2.05, 4.69) is 15.3 Å². The summed E-state index contributed by atoms with van der Waals surface area (Å²) in [6.45, 7) is 3.96. The number of phenolic OH excluding ortho intramolecular Hbond substituents is 1. The molecule has 156 valence electrons. The molecule has 10 heteroatoms. The molecular weight excluding hydrogens is 408 g/mol. The van der Waals surface area contributed by atoms with E-state index in [1.807, 2.05) is 13.8 Å². The number of aromatic nitrogens is 2. The maximum atomic E-state index is 13.1. The van der Waals surface area contributed by atoms with Gasteiger partial charge >= 0.3 is 5.69 Å². The van der Waals surface area contributed by atoms with Gasteiger partial charge in [-0.2, -0.15) is 0 Å². The van der Waals surface area contributed by atoms with E-state index in [1.54, 1.807) is 0 Å². The number of nitro benzene ring substituents is 1. The average molecular weight is 428 g/mol. The lowest BCUT2D eigenvalue weighted by molar-refractivity contribution is -0.385. The highest BCUT2D eigenvalue weighted by molar-refractivity contribution is 7.99. The fraction of sp³-hybridized carbons (Fsp3) is 0.350. The molecule has 1 aromatic carbocycles. The van der Waals surface area contributed by atoms with Crippen LogP contribution in [0.15, 0.2) is 39.4 Å². The van der Waals surface area contributed by atoms with Crippen molar-refractivity contribution in [2.75, 3.05) is 5.32 Å². The quantitative estimate of drug-likeness (QED) is 0.291. The zero-order valence-electron chi connectivity index (χ0n) is 16.4. The van der Waals surface area contributed by atoms with Crippen LogP contribution in [0.25, 0.3) is 0 Å². The molecule has 1 atom stereocenters. The topological polar surface area (TPSA) is 138 Å². The van der Waals surface area contributed by atoms with Crippen LogP contribution in [-0.4, -0.2) is 31.0 Å². The Bertz CT molecular complexity index is 1150. The number of Topliss-reactive ketones (excluding diaryl/α,β-unsaturated/α-hetero) is 1. The van der Waals surface area contributed by atoms with Crippen LogP contribution in [0, 0.1) is 10.1 Å². The van der Waals surface area contributed by atoms with Crippen molar-refractivity contribution in [1.29, 1.82) is 0 Å². The number of phenols is 1. The van der Waals surface area contributed by atoms with Gasteiger partial charge in [-0.05, 0) is 24.5 Å². The summed E-state index contributed by atoms with van der Waals surface area (Å²) in [5.41, 5.74) is 0.887. The molecule has 0 saturated heterocycles. The van der Waals surface area contributed by atoms with Gasteiger partial charge in [0.1, 0.15) is 5.82 Å². The van der Waals surface area contributed by atoms with E-state index < -0.39 is 27.8 Å². The van der Waals surface area contributed by atoms with E-state index in [-0.39, 0.29) is 16.6 Å². The summed E-state index contributed by atoms with van der Waals surface area (Å²) < 4.78 is 0. The highest BCUT2D eigenvalue weighted by atomic mass is 32.2. The molecule has 2 aliphatic rings. The van der Waals surface area contributed by atoms with E-state index in [9.17, 15) is 24.8 Å². The van der Waals surface area contributed by atoms with Crippen LogP contribution in [0.3, 0.4) is 0 Å². The van der Waals surface area contributed by atoms with Crippen LogP contribution in [-0.2, 0) is 4.79 Å². The third-order valence-corrected chi connectivity index (χ3v) is 6.00. The van der Waals surface area contributed by atoms with Gasteiger partial charge in [0.15, 0.2) is 16.7 Å². The molecule has 4 rings (SSSR count). The van der Waals surface area contributed by atoms with Gasteiger partial charge in [-0.1, -0.05) is 31.7 Å². The van der Waals surface area contributed by atoms with Crippen molar-refractivity contribution in [3.8, 4) is 5.75 Å².